The molecule has 0 saturated carbocycles. The number of nitro benzene ring substituents is 1. The molecule has 90 valence electrons. The number of nitro groups is 1. The maximum absolute atomic E-state index is 10.5. The average Bonchev–Trinajstić information content (AvgIpc) is 2.29. The van der Waals surface area contributed by atoms with Gasteiger partial charge in [-0.05, 0) is 25.3 Å². The Hall–Kier alpha value is -2.17. The Balaban J connectivity index is 2.56. The molecule has 0 bridgehead atoms. The zero-order valence-electron chi connectivity index (χ0n) is 9.42. The number of aryl methyl sites for hydroxylation is 1. The highest BCUT2D eigenvalue weighted by Gasteiger charge is 2.03. The zero-order valence-corrected chi connectivity index (χ0v) is 9.42. The molecule has 0 fully saturated rings. The summed E-state index contributed by atoms with van der Waals surface area (Å²) in [7, 11) is 0. The summed E-state index contributed by atoms with van der Waals surface area (Å²) in [6.07, 6.45) is 2.92. The van der Waals surface area contributed by atoms with Crippen LogP contribution in [0.5, 0.6) is 0 Å². The summed E-state index contributed by atoms with van der Waals surface area (Å²) in [4.78, 5) is 20.5. The number of benzene rings is 1. The third-order valence-electron chi connectivity index (χ3n) is 2.37. The molecule has 0 amide bonds. The minimum Gasteiger partial charge on any atom is -0.478 e. The first-order valence-electron chi connectivity index (χ1n) is 5.14. The predicted molar refractivity (Wildman–Crippen MR) is 62.8 cm³/mol. The molecule has 0 atom stereocenters. The second-order valence-corrected chi connectivity index (χ2v) is 3.65. The average molecular weight is 235 g/mol. The van der Waals surface area contributed by atoms with E-state index >= 15 is 0 Å². The van der Waals surface area contributed by atoms with Gasteiger partial charge in [0, 0.05) is 17.7 Å². The van der Waals surface area contributed by atoms with E-state index in [0.717, 1.165) is 5.56 Å². The third-order valence-corrected chi connectivity index (χ3v) is 2.37. The summed E-state index contributed by atoms with van der Waals surface area (Å²) in [5, 5.41) is 19.1. The first kappa shape index (κ1) is 12.9. The fourth-order valence-electron chi connectivity index (χ4n) is 1.33. The van der Waals surface area contributed by atoms with Crippen molar-refractivity contribution in [1.29, 1.82) is 0 Å². The van der Waals surface area contributed by atoms with Crippen LogP contribution in [0.15, 0.2) is 35.9 Å². The number of carboxylic acids is 1. The van der Waals surface area contributed by atoms with Crippen molar-refractivity contribution in [3.8, 4) is 0 Å². The van der Waals surface area contributed by atoms with E-state index in [0.29, 0.717) is 18.4 Å². The van der Waals surface area contributed by atoms with Crippen LogP contribution in [0, 0.1) is 10.1 Å². The van der Waals surface area contributed by atoms with Gasteiger partial charge in [-0.1, -0.05) is 18.2 Å². The predicted octanol–water partition coefficient (Wildman–Crippen LogP) is 2.56. The highest BCUT2D eigenvalue weighted by atomic mass is 16.6. The van der Waals surface area contributed by atoms with Crippen molar-refractivity contribution in [2.75, 3.05) is 0 Å². The molecule has 1 N–H and O–H groups in total. The van der Waals surface area contributed by atoms with Crippen LogP contribution < -0.4 is 0 Å². The molecule has 1 aromatic carbocycles. The van der Waals surface area contributed by atoms with E-state index in [9.17, 15) is 14.9 Å². The monoisotopic (exact) mass is 235 g/mol. The molecule has 0 spiro atoms. The Morgan fingerprint density at radius 2 is 2.00 bits per heavy atom. The van der Waals surface area contributed by atoms with Gasteiger partial charge in [-0.25, -0.2) is 4.79 Å². The number of carbonyl (C=O) groups is 1. The van der Waals surface area contributed by atoms with Crippen molar-refractivity contribution in [3.05, 3.63) is 51.6 Å². The van der Waals surface area contributed by atoms with Crippen LogP contribution in [0.4, 0.5) is 5.69 Å². The van der Waals surface area contributed by atoms with Crippen LogP contribution in [0.2, 0.25) is 0 Å². The van der Waals surface area contributed by atoms with E-state index in [1.54, 1.807) is 18.2 Å². The smallest absolute Gasteiger partial charge is 0.330 e. The van der Waals surface area contributed by atoms with Crippen LogP contribution in [0.1, 0.15) is 18.9 Å². The van der Waals surface area contributed by atoms with Crippen LogP contribution in [0.3, 0.4) is 0 Å². The van der Waals surface area contributed by atoms with Crippen LogP contribution in [-0.2, 0) is 11.2 Å². The number of hydrogen-bond donors (Lipinski definition) is 1. The van der Waals surface area contributed by atoms with Crippen molar-refractivity contribution in [2.45, 2.75) is 19.8 Å². The molecule has 0 aliphatic carbocycles. The van der Waals surface area contributed by atoms with Gasteiger partial charge in [-0.2, -0.15) is 0 Å². The first-order chi connectivity index (χ1) is 8.00. The van der Waals surface area contributed by atoms with Gasteiger partial charge in [0.1, 0.15) is 0 Å². The van der Waals surface area contributed by atoms with Gasteiger partial charge in [-0.3, -0.25) is 10.1 Å². The van der Waals surface area contributed by atoms with E-state index in [1.807, 2.05) is 0 Å². The van der Waals surface area contributed by atoms with Gasteiger partial charge in [-0.15, -0.1) is 0 Å². The van der Waals surface area contributed by atoms with E-state index in [-0.39, 0.29) is 5.69 Å². The number of rotatable bonds is 5. The van der Waals surface area contributed by atoms with Crippen molar-refractivity contribution in [2.24, 2.45) is 0 Å². The Morgan fingerprint density at radius 1 is 1.41 bits per heavy atom. The SMILES string of the molecule is CC(=CCCc1ccc([N+](=O)[O-])cc1)C(=O)O. The third kappa shape index (κ3) is 4.06. The summed E-state index contributed by atoms with van der Waals surface area (Å²) in [6, 6.07) is 6.26. The Bertz CT molecular complexity index is 448. The van der Waals surface area contributed by atoms with Crippen molar-refractivity contribution in [1.82, 2.24) is 0 Å². The highest BCUT2D eigenvalue weighted by Crippen LogP contribution is 2.13. The maximum Gasteiger partial charge on any atom is 0.330 e. The van der Waals surface area contributed by atoms with Crippen molar-refractivity contribution < 1.29 is 14.8 Å². The molecule has 0 heterocycles. The van der Waals surface area contributed by atoms with E-state index < -0.39 is 10.9 Å². The highest BCUT2D eigenvalue weighted by molar-refractivity contribution is 5.85. The summed E-state index contributed by atoms with van der Waals surface area (Å²) in [5.41, 5.74) is 1.32. The second kappa shape index (κ2) is 5.79. The lowest BCUT2D eigenvalue weighted by molar-refractivity contribution is -0.384. The zero-order chi connectivity index (χ0) is 12.8. The Kier molecular flexibility index (Phi) is 4.39. The molecule has 0 aromatic heterocycles. The van der Waals surface area contributed by atoms with Gasteiger partial charge < -0.3 is 5.11 Å². The lowest BCUT2D eigenvalue weighted by atomic mass is 10.1. The lowest BCUT2D eigenvalue weighted by Gasteiger charge is -1.98. The van der Waals surface area contributed by atoms with Gasteiger partial charge in [0.2, 0.25) is 0 Å². The molecule has 0 radical (unpaired) electrons. The van der Waals surface area contributed by atoms with E-state index in [2.05, 4.69) is 0 Å². The largest absolute Gasteiger partial charge is 0.478 e. The van der Waals surface area contributed by atoms with Crippen LogP contribution in [-0.4, -0.2) is 16.0 Å². The van der Waals surface area contributed by atoms with Crippen molar-refractivity contribution in [3.63, 3.8) is 0 Å². The van der Waals surface area contributed by atoms with E-state index in [4.69, 9.17) is 5.11 Å². The fourth-order valence-corrected chi connectivity index (χ4v) is 1.33. The van der Waals surface area contributed by atoms with Crippen molar-refractivity contribution >= 4 is 11.7 Å². The molecule has 5 heteroatoms. The fraction of sp³-hybridized carbons (Fsp3) is 0.250. The number of carboxylic acid groups (broad SMARTS) is 1. The molecule has 17 heavy (non-hydrogen) atoms. The molecular weight excluding hydrogens is 222 g/mol. The normalized spacial score (nSPS) is 11.2. The number of non-ortho nitro benzene ring substituents is 1. The van der Waals surface area contributed by atoms with Crippen LogP contribution >= 0.6 is 0 Å². The summed E-state index contributed by atoms with van der Waals surface area (Å²) in [5.74, 6) is -0.923. The molecule has 0 aliphatic rings. The van der Waals surface area contributed by atoms with Gasteiger partial charge in [0.15, 0.2) is 0 Å². The topological polar surface area (TPSA) is 80.4 Å². The lowest BCUT2D eigenvalue weighted by Crippen LogP contribution is -1.96. The molecule has 1 aromatic rings. The molecule has 1 rings (SSSR count). The minimum atomic E-state index is -0.923. The summed E-state index contributed by atoms with van der Waals surface area (Å²) >= 11 is 0. The molecular formula is C12H13NO4. The van der Waals surface area contributed by atoms with E-state index in [1.165, 1.54) is 19.1 Å². The standard InChI is InChI=1S/C12H13NO4/c1-9(12(14)15)3-2-4-10-5-7-11(8-6-10)13(16)17/h3,5-8H,2,4H2,1H3,(H,14,15). The molecule has 5 nitrogen and oxygen atoms in total. The number of allylic oxidation sites excluding steroid dienone is 1. The molecule has 0 unspecified atom stereocenters. The summed E-state index contributed by atoms with van der Waals surface area (Å²) in [6.45, 7) is 1.54. The Morgan fingerprint density at radius 3 is 2.47 bits per heavy atom. The summed E-state index contributed by atoms with van der Waals surface area (Å²) < 4.78 is 0. The van der Waals surface area contributed by atoms with Gasteiger partial charge in [0.05, 0.1) is 4.92 Å². The Labute approximate surface area is 98.5 Å². The molecule has 0 saturated heterocycles. The second-order valence-electron chi connectivity index (χ2n) is 3.65. The van der Waals surface area contributed by atoms with Crippen LogP contribution in [0.25, 0.3) is 0 Å². The first-order valence-corrected chi connectivity index (χ1v) is 5.14. The molecule has 0 aliphatic heterocycles. The quantitative estimate of drug-likeness (QED) is 0.483. The maximum atomic E-state index is 10.5. The number of aliphatic carboxylic acids is 1. The minimum absolute atomic E-state index is 0.0611. The van der Waals surface area contributed by atoms with Gasteiger partial charge >= 0.3 is 5.97 Å². The van der Waals surface area contributed by atoms with Gasteiger partial charge in [0.25, 0.3) is 5.69 Å². The number of hydrogen-bond acceptors (Lipinski definition) is 3. The number of nitrogens with zero attached hydrogens (tertiary/aromatic N) is 1.